The first-order valence-electron chi connectivity index (χ1n) is 7.11. The fourth-order valence-electron chi connectivity index (χ4n) is 2.81. The summed E-state index contributed by atoms with van der Waals surface area (Å²) >= 11 is 0. The van der Waals surface area contributed by atoms with E-state index in [1.807, 2.05) is 47.4 Å². The third-order valence-corrected chi connectivity index (χ3v) is 3.82. The molecule has 108 valence electrons. The molecule has 1 aliphatic heterocycles. The van der Waals surface area contributed by atoms with Crippen molar-refractivity contribution >= 4 is 11.6 Å². The molecule has 2 aromatic rings. The van der Waals surface area contributed by atoms with E-state index < -0.39 is 0 Å². The van der Waals surface area contributed by atoms with E-state index in [2.05, 4.69) is 4.98 Å². The average Bonchev–Trinajstić information content (AvgIpc) is 2.89. The number of pyridine rings is 1. The van der Waals surface area contributed by atoms with Gasteiger partial charge in [-0.05, 0) is 36.6 Å². The van der Waals surface area contributed by atoms with E-state index in [1.165, 1.54) is 0 Å². The molecule has 1 aliphatic rings. The highest BCUT2D eigenvalue weighted by atomic mass is 16.5. The number of hydrogen-bond donors (Lipinski definition) is 0. The number of ether oxygens (including phenoxy) is 1. The van der Waals surface area contributed by atoms with Crippen LogP contribution in [0.2, 0.25) is 0 Å². The number of amides is 1. The van der Waals surface area contributed by atoms with Gasteiger partial charge in [0.05, 0.1) is 12.8 Å². The number of hydrogen-bond acceptors (Lipinski definition) is 3. The molecule has 0 aliphatic carbocycles. The van der Waals surface area contributed by atoms with Crippen molar-refractivity contribution in [1.82, 2.24) is 4.98 Å². The van der Waals surface area contributed by atoms with Crippen LogP contribution in [0.15, 0.2) is 48.7 Å². The van der Waals surface area contributed by atoms with Crippen molar-refractivity contribution in [2.24, 2.45) is 5.92 Å². The monoisotopic (exact) mass is 282 g/mol. The van der Waals surface area contributed by atoms with Crippen LogP contribution in [0.5, 0.6) is 5.75 Å². The third-order valence-electron chi connectivity index (χ3n) is 3.82. The van der Waals surface area contributed by atoms with E-state index in [4.69, 9.17) is 4.74 Å². The van der Waals surface area contributed by atoms with Crippen LogP contribution >= 0.6 is 0 Å². The second kappa shape index (κ2) is 5.95. The lowest BCUT2D eigenvalue weighted by Gasteiger charge is -2.16. The molecule has 1 amide bonds. The molecule has 1 saturated heterocycles. The summed E-state index contributed by atoms with van der Waals surface area (Å²) < 4.78 is 5.33. The van der Waals surface area contributed by atoms with Crippen LogP contribution in [0.25, 0.3) is 0 Å². The summed E-state index contributed by atoms with van der Waals surface area (Å²) in [6.45, 7) is 0.739. The zero-order chi connectivity index (χ0) is 14.7. The maximum Gasteiger partial charge on any atom is 0.227 e. The molecule has 21 heavy (non-hydrogen) atoms. The first-order valence-corrected chi connectivity index (χ1v) is 7.11. The standard InChI is InChI=1S/C17H18N2O2/c1-21-16-8-5-9-18-15(16)10-13-11-17(20)19(12-13)14-6-3-2-4-7-14/h2-9,13H,10-12H2,1H3. The normalized spacial score (nSPS) is 18.0. The van der Waals surface area contributed by atoms with Gasteiger partial charge in [0.1, 0.15) is 5.75 Å². The summed E-state index contributed by atoms with van der Waals surface area (Å²) in [6, 6.07) is 13.6. The van der Waals surface area contributed by atoms with Crippen molar-refractivity contribution in [2.45, 2.75) is 12.8 Å². The molecule has 1 aromatic heterocycles. The van der Waals surface area contributed by atoms with Gasteiger partial charge in [0.25, 0.3) is 0 Å². The fourth-order valence-corrected chi connectivity index (χ4v) is 2.81. The summed E-state index contributed by atoms with van der Waals surface area (Å²) in [7, 11) is 1.65. The highest BCUT2D eigenvalue weighted by Gasteiger charge is 2.31. The Kier molecular flexibility index (Phi) is 3.86. The van der Waals surface area contributed by atoms with Gasteiger partial charge >= 0.3 is 0 Å². The van der Waals surface area contributed by atoms with Crippen LogP contribution < -0.4 is 9.64 Å². The van der Waals surface area contributed by atoms with Gasteiger partial charge in [-0.2, -0.15) is 0 Å². The summed E-state index contributed by atoms with van der Waals surface area (Å²) in [5.41, 5.74) is 1.89. The predicted molar refractivity (Wildman–Crippen MR) is 81.4 cm³/mol. The Morgan fingerprint density at radius 1 is 1.24 bits per heavy atom. The zero-order valence-corrected chi connectivity index (χ0v) is 12.0. The van der Waals surface area contributed by atoms with Crippen LogP contribution in [0.4, 0.5) is 5.69 Å². The maximum absolute atomic E-state index is 12.2. The molecule has 1 fully saturated rings. The Morgan fingerprint density at radius 3 is 2.81 bits per heavy atom. The second-order valence-electron chi connectivity index (χ2n) is 5.27. The molecule has 4 heteroatoms. The van der Waals surface area contributed by atoms with Gasteiger partial charge in [-0.3, -0.25) is 9.78 Å². The van der Waals surface area contributed by atoms with Gasteiger partial charge < -0.3 is 9.64 Å². The molecule has 0 saturated carbocycles. The van der Waals surface area contributed by atoms with E-state index in [-0.39, 0.29) is 11.8 Å². The second-order valence-corrected chi connectivity index (χ2v) is 5.27. The molecule has 1 unspecified atom stereocenters. The molecule has 2 heterocycles. The van der Waals surface area contributed by atoms with Crippen LogP contribution in [-0.2, 0) is 11.2 Å². The number of rotatable bonds is 4. The number of aromatic nitrogens is 1. The molecule has 1 aromatic carbocycles. The van der Waals surface area contributed by atoms with E-state index in [1.54, 1.807) is 13.3 Å². The molecule has 3 rings (SSSR count). The summed E-state index contributed by atoms with van der Waals surface area (Å²) in [5, 5.41) is 0. The minimum absolute atomic E-state index is 0.182. The number of benzene rings is 1. The summed E-state index contributed by atoms with van der Waals surface area (Å²) in [4.78, 5) is 18.4. The highest BCUT2D eigenvalue weighted by molar-refractivity contribution is 5.95. The van der Waals surface area contributed by atoms with Crippen molar-refractivity contribution in [3.8, 4) is 5.75 Å². The number of para-hydroxylation sites is 1. The first kappa shape index (κ1) is 13.6. The molecule has 1 atom stereocenters. The number of carbonyl (C=O) groups excluding carboxylic acids is 1. The van der Waals surface area contributed by atoms with Crippen molar-refractivity contribution in [1.29, 1.82) is 0 Å². The van der Waals surface area contributed by atoms with Crippen molar-refractivity contribution in [2.75, 3.05) is 18.6 Å². The SMILES string of the molecule is COc1cccnc1CC1CC(=O)N(c2ccccc2)C1. The molecular weight excluding hydrogens is 264 g/mol. The van der Waals surface area contributed by atoms with Crippen LogP contribution in [0.1, 0.15) is 12.1 Å². The van der Waals surface area contributed by atoms with Gasteiger partial charge in [0.2, 0.25) is 5.91 Å². The lowest BCUT2D eigenvalue weighted by molar-refractivity contribution is -0.117. The lowest BCUT2D eigenvalue weighted by atomic mass is 10.0. The average molecular weight is 282 g/mol. The molecule has 0 bridgehead atoms. The minimum Gasteiger partial charge on any atom is -0.495 e. The van der Waals surface area contributed by atoms with E-state index in [0.717, 1.165) is 30.1 Å². The number of carbonyl (C=O) groups is 1. The Labute approximate surface area is 124 Å². The fraction of sp³-hybridized carbons (Fsp3) is 0.294. The largest absolute Gasteiger partial charge is 0.495 e. The predicted octanol–water partition coefficient (Wildman–Crippen LogP) is 2.69. The Morgan fingerprint density at radius 2 is 2.05 bits per heavy atom. The maximum atomic E-state index is 12.2. The van der Waals surface area contributed by atoms with Crippen molar-refractivity contribution < 1.29 is 9.53 Å². The summed E-state index contributed by atoms with van der Waals surface area (Å²) in [5.74, 6) is 1.26. The summed E-state index contributed by atoms with van der Waals surface area (Å²) in [6.07, 6.45) is 3.09. The van der Waals surface area contributed by atoms with Crippen LogP contribution in [0.3, 0.4) is 0 Å². The highest BCUT2D eigenvalue weighted by Crippen LogP contribution is 2.28. The van der Waals surface area contributed by atoms with Gasteiger partial charge in [-0.1, -0.05) is 18.2 Å². The zero-order valence-electron chi connectivity index (χ0n) is 12.0. The lowest BCUT2D eigenvalue weighted by Crippen LogP contribution is -2.24. The van der Waals surface area contributed by atoms with Crippen LogP contribution in [-0.4, -0.2) is 24.5 Å². The minimum atomic E-state index is 0.182. The van der Waals surface area contributed by atoms with E-state index in [0.29, 0.717) is 6.42 Å². The molecule has 0 spiro atoms. The van der Waals surface area contributed by atoms with Gasteiger partial charge in [-0.25, -0.2) is 0 Å². The molecular formula is C17H18N2O2. The Balaban J connectivity index is 1.73. The number of methoxy groups -OCH3 is 1. The number of anilines is 1. The molecule has 0 N–H and O–H groups in total. The Bertz CT molecular complexity index is 628. The number of nitrogens with zero attached hydrogens (tertiary/aromatic N) is 2. The van der Waals surface area contributed by atoms with Gasteiger partial charge in [0.15, 0.2) is 0 Å². The molecule has 0 radical (unpaired) electrons. The Hall–Kier alpha value is -2.36. The smallest absolute Gasteiger partial charge is 0.227 e. The van der Waals surface area contributed by atoms with Gasteiger partial charge in [-0.15, -0.1) is 0 Å². The van der Waals surface area contributed by atoms with E-state index >= 15 is 0 Å². The topological polar surface area (TPSA) is 42.4 Å². The molecule has 4 nitrogen and oxygen atoms in total. The third kappa shape index (κ3) is 2.89. The van der Waals surface area contributed by atoms with Crippen molar-refractivity contribution in [3.05, 3.63) is 54.4 Å². The first-order chi connectivity index (χ1) is 10.3. The van der Waals surface area contributed by atoms with Crippen molar-refractivity contribution in [3.63, 3.8) is 0 Å². The van der Waals surface area contributed by atoms with Crippen LogP contribution in [0, 0.1) is 5.92 Å². The van der Waals surface area contributed by atoms with Gasteiger partial charge in [0, 0.05) is 24.8 Å². The quantitative estimate of drug-likeness (QED) is 0.866. The van der Waals surface area contributed by atoms with E-state index in [9.17, 15) is 4.79 Å².